The lowest BCUT2D eigenvalue weighted by Gasteiger charge is -2.30. The number of nitrogens with zero attached hydrogens (tertiary/aromatic N) is 3. The molecule has 3 N–H and O–H groups in total. The Bertz CT molecular complexity index is 1100. The molecular formula is C23H27N5O5. The number of ether oxygens (including phenoxy) is 3. The van der Waals surface area contributed by atoms with Crippen molar-refractivity contribution in [3.05, 3.63) is 36.0 Å². The molecule has 0 spiro atoms. The van der Waals surface area contributed by atoms with Crippen LogP contribution in [0.25, 0.3) is 10.9 Å². The predicted molar refractivity (Wildman–Crippen MR) is 121 cm³/mol. The molecule has 0 aliphatic heterocycles. The van der Waals surface area contributed by atoms with Gasteiger partial charge < -0.3 is 25.3 Å². The molecule has 0 amide bonds. The van der Waals surface area contributed by atoms with Crippen molar-refractivity contribution in [3.63, 3.8) is 0 Å². The van der Waals surface area contributed by atoms with Crippen molar-refractivity contribution < 1.29 is 23.8 Å². The van der Waals surface area contributed by atoms with Crippen molar-refractivity contribution in [1.29, 1.82) is 0 Å². The van der Waals surface area contributed by atoms with E-state index in [1.54, 1.807) is 20.3 Å². The maximum absolute atomic E-state index is 8.12. The largest absolute Gasteiger partial charge is 0.490 e. The van der Waals surface area contributed by atoms with E-state index in [9.17, 15) is 0 Å². The molecule has 0 radical (unpaired) electrons. The number of pyridine rings is 1. The van der Waals surface area contributed by atoms with Crippen molar-refractivity contribution in [2.75, 3.05) is 25.3 Å². The summed E-state index contributed by atoms with van der Waals surface area (Å²) in [6.45, 7) is 1.94. The topological polar surface area (TPSA) is 139 Å². The van der Waals surface area contributed by atoms with Crippen LogP contribution in [0.2, 0.25) is 0 Å². The highest BCUT2D eigenvalue weighted by molar-refractivity contribution is 5.95. The molecule has 0 saturated heterocycles. The van der Waals surface area contributed by atoms with E-state index in [4.69, 9.17) is 29.5 Å². The van der Waals surface area contributed by atoms with Crippen LogP contribution < -0.4 is 25.3 Å². The van der Waals surface area contributed by atoms with E-state index in [-0.39, 0.29) is 18.3 Å². The SMILES string of the molecule is COc1cc(OC)nc(NC2CCC(Oc3cccc4nc(C)cc(N)c34)CC2)n1.O=C=O. The van der Waals surface area contributed by atoms with Gasteiger partial charge >= 0.3 is 6.15 Å². The quantitative estimate of drug-likeness (QED) is 0.572. The number of nitrogens with two attached hydrogens (primary N) is 1. The third kappa shape index (κ3) is 6.08. The van der Waals surface area contributed by atoms with E-state index in [0.29, 0.717) is 23.4 Å². The van der Waals surface area contributed by atoms with Crippen LogP contribution in [0.15, 0.2) is 30.3 Å². The van der Waals surface area contributed by atoms with Gasteiger partial charge in [-0.1, -0.05) is 6.07 Å². The van der Waals surface area contributed by atoms with E-state index in [2.05, 4.69) is 20.3 Å². The Morgan fingerprint density at radius 2 is 1.64 bits per heavy atom. The van der Waals surface area contributed by atoms with Gasteiger partial charge in [0.2, 0.25) is 17.7 Å². The highest BCUT2D eigenvalue weighted by Crippen LogP contribution is 2.33. The summed E-state index contributed by atoms with van der Waals surface area (Å²) < 4.78 is 16.8. The predicted octanol–water partition coefficient (Wildman–Crippen LogP) is 3.15. The fourth-order valence-electron chi connectivity index (χ4n) is 3.89. The summed E-state index contributed by atoms with van der Waals surface area (Å²) in [7, 11) is 3.15. The molecule has 1 aliphatic rings. The van der Waals surface area contributed by atoms with Gasteiger partial charge in [0, 0.05) is 17.4 Å². The zero-order chi connectivity index (χ0) is 23.8. The third-order valence-corrected chi connectivity index (χ3v) is 5.35. The Balaban J connectivity index is 0.000000968. The number of hydrogen-bond acceptors (Lipinski definition) is 10. The zero-order valence-corrected chi connectivity index (χ0v) is 18.8. The van der Waals surface area contributed by atoms with Gasteiger partial charge in [-0.15, -0.1) is 0 Å². The van der Waals surface area contributed by atoms with Crippen LogP contribution in [0.3, 0.4) is 0 Å². The summed E-state index contributed by atoms with van der Waals surface area (Å²) in [5.41, 5.74) is 8.72. The van der Waals surface area contributed by atoms with E-state index >= 15 is 0 Å². The maximum Gasteiger partial charge on any atom is 0.373 e. The first-order chi connectivity index (χ1) is 16.0. The normalized spacial score (nSPS) is 17.3. The van der Waals surface area contributed by atoms with Crippen LogP contribution in [-0.4, -0.2) is 47.5 Å². The lowest BCUT2D eigenvalue weighted by Crippen LogP contribution is -2.31. The first-order valence-electron chi connectivity index (χ1n) is 10.5. The molecule has 1 aromatic carbocycles. The van der Waals surface area contributed by atoms with Crippen molar-refractivity contribution in [2.45, 2.75) is 44.8 Å². The minimum Gasteiger partial charge on any atom is -0.490 e. The van der Waals surface area contributed by atoms with Gasteiger partial charge in [-0.2, -0.15) is 19.6 Å². The average molecular weight is 453 g/mol. The average Bonchev–Trinajstić information content (AvgIpc) is 2.80. The number of carbonyl (C=O) groups excluding carboxylic acids is 2. The number of hydrogen-bond donors (Lipinski definition) is 2. The molecule has 0 unspecified atom stereocenters. The highest BCUT2D eigenvalue weighted by atomic mass is 16.5. The molecule has 33 heavy (non-hydrogen) atoms. The number of aromatic nitrogens is 3. The first kappa shape index (κ1) is 23.7. The van der Waals surface area contributed by atoms with Gasteiger partial charge in [0.05, 0.1) is 37.3 Å². The van der Waals surface area contributed by atoms with E-state index in [1.807, 2.05) is 31.2 Å². The second-order valence-electron chi connectivity index (χ2n) is 7.60. The molecule has 174 valence electrons. The zero-order valence-electron chi connectivity index (χ0n) is 18.8. The number of methoxy groups -OCH3 is 2. The lowest BCUT2D eigenvalue weighted by molar-refractivity contribution is -0.191. The van der Waals surface area contributed by atoms with Crippen molar-refractivity contribution in [2.24, 2.45) is 0 Å². The van der Waals surface area contributed by atoms with Crippen molar-refractivity contribution in [1.82, 2.24) is 15.0 Å². The number of nitrogen functional groups attached to an aromatic ring is 1. The molecule has 0 bridgehead atoms. The second-order valence-corrected chi connectivity index (χ2v) is 7.60. The van der Waals surface area contributed by atoms with Crippen LogP contribution in [0.5, 0.6) is 17.5 Å². The van der Waals surface area contributed by atoms with Crippen LogP contribution in [0.1, 0.15) is 31.4 Å². The summed E-state index contributed by atoms with van der Waals surface area (Å²) in [6.07, 6.45) is 4.13. The minimum atomic E-state index is 0.134. The van der Waals surface area contributed by atoms with Crippen molar-refractivity contribution >= 4 is 28.7 Å². The molecule has 4 rings (SSSR count). The Labute approximate surface area is 191 Å². The number of rotatable bonds is 6. The van der Waals surface area contributed by atoms with Gasteiger partial charge in [0.1, 0.15) is 5.75 Å². The third-order valence-electron chi connectivity index (χ3n) is 5.35. The molecule has 1 fully saturated rings. The fraction of sp³-hybridized carbons (Fsp3) is 0.391. The van der Waals surface area contributed by atoms with Gasteiger partial charge in [-0.25, -0.2) is 0 Å². The first-order valence-corrected chi connectivity index (χ1v) is 10.5. The van der Waals surface area contributed by atoms with Crippen LogP contribution in [-0.2, 0) is 9.59 Å². The monoisotopic (exact) mass is 453 g/mol. The van der Waals surface area contributed by atoms with Gasteiger partial charge in [-0.3, -0.25) is 4.98 Å². The van der Waals surface area contributed by atoms with Gasteiger partial charge in [0.25, 0.3) is 0 Å². The molecule has 0 atom stereocenters. The molecule has 10 heteroatoms. The summed E-state index contributed by atoms with van der Waals surface area (Å²) in [6, 6.07) is 9.71. The standard InChI is InChI=1S/C22H27N5O3.CO2/c1-13-11-16(23)21-17(24-13)5-4-6-18(21)30-15-9-7-14(8-10-15)25-22-26-19(28-2)12-20(27-22)29-3;2-1-3/h4-6,11-12,14-15H,7-10H2,1-3H3,(H2,23,24)(H,25,26,27);. The molecule has 3 aromatic rings. The number of benzene rings is 1. The smallest absolute Gasteiger partial charge is 0.373 e. The fourth-order valence-corrected chi connectivity index (χ4v) is 3.89. The molecular weight excluding hydrogens is 426 g/mol. The van der Waals surface area contributed by atoms with Crippen LogP contribution in [0, 0.1) is 6.92 Å². The maximum atomic E-state index is 8.12. The minimum absolute atomic E-state index is 0.134. The Hall–Kier alpha value is -3.91. The number of anilines is 2. The Morgan fingerprint density at radius 3 is 2.24 bits per heavy atom. The molecule has 2 aromatic heterocycles. The number of nitrogens with one attached hydrogen (secondary N) is 1. The van der Waals surface area contributed by atoms with Crippen molar-refractivity contribution in [3.8, 4) is 17.5 Å². The van der Waals surface area contributed by atoms with E-state index in [1.165, 1.54) is 0 Å². The highest BCUT2D eigenvalue weighted by Gasteiger charge is 2.24. The second kappa shape index (κ2) is 11.1. The van der Waals surface area contributed by atoms with Gasteiger partial charge in [0.15, 0.2) is 0 Å². The molecule has 1 saturated carbocycles. The summed E-state index contributed by atoms with van der Waals surface area (Å²) >= 11 is 0. The van der Waals surface area contributed by atoms with Crippen LogP contribution in [0.4, 0.5) is 11.6 Å². The molecule has 10 nitrogen and oxygen atoms in total. The number of aryl methyl sites for hydroxylation is 1. The lowest BCUT2D eigenvalue weighted by atomic mass is 9.93. The van der Waals surface area contributed by atoms with Gasteiger partial charge in [-0.05, 0) is 50.8 Å². The summed E-state index contributed by atoms with van der Waals surface area (Å²) in [5.74, 6) is 2.26. The Morgan fingerprint density at radius 1 is 1.00 bits per heavy atom. The molecule has 1 aliphatic carbocycles. The van der Waals surface area contributed by atoms with E-state index < -0.39 is 0 Å². The Kier molecular flexibility index (Phi) is 7.99. The summed E-state index contributed by atoms with van der Waals surface area (Å²) in [4.78, 5) is 29.5. The van der Waals surface area contributed by atoms with E-state index in [0.717, 1.165) is 48.0 Å². The van der Waals surface area contributed by atoms with Crippen LogP contribution >= 0.6 is 0 Å². The number of fused-ring (bicyclic) bond motifs is 1. The summed E-state index contributed by atoms with van der Waals surface area (Å²) in [5, 5.41) is 4.28. The molecule has 2 heterocycles.